The van der Waals surface area contributed by atoms with Gasteiger partial charge in [0.1, 0.15) is 0 Å². The van der Waals surface area contributed by atoms with Crippen molar-refractivity contribution in [3.8, 4) is 0 Å². The highest BCUT2D eigenvalue weighted by atomic mass is 32.1. The summed E-state index contributed by atoms with van der Waals surface area (Å²) in [6.07, 6.45) is 2.43. The number of ether oxygens (including phenoxy) is 2. The first-order chi connectivity index (χ1) is 14.0. The fourth-order valence-electron chi connectivity index (χ4n) is 2.29. The number of amides is 2. The standard InChI is InChI=1S/C20H29N3O5S/c1-2-27-15-13-18(25)22-23-20(29)21-17(24)11-6-12-19(26)28-14-7-10-16-8-4-3-5-9-16/h3-5,8-9H,2,6-7,10-15H2,1H3,(H,22,25)(H2,21,23,24,29). The van der Waals surface area contributed by atoms with Gasteiger partial charge in [0.25, 0.3) is 0 Å². The maximum absolute atomic E-state index is 11.8. The Hall–Kier alpha value is -2.52. The molecule has 0 bridgehead atoms. The first-order valence-corrected chi connectivity index (χ1v) is 10.1. The van der Waals surface area contributed by atoms with Crippen molar-refractivity contribution in [3.05, 3.63) is 35.9 Å². The molecular formula is C20H29N3O5S. The quantitative estimate of drug-likeness (QED) is 0.204. The monoisotopic (exact) mass is 423 g/mol. The summed E-state index contributed by atoms with van der Waals surface area (Å²) in [4.78, 5) is 34.9. The molecule has 0 aliphatic rings. The minimum absolute atomic E-state index is 0.0109. The van der Waals surface area contributed by atoms with Crippen molar-refractivity contribution in [1.82, 2.24) is 16.2 Å². The van der Waals surface area contributed by atoms with Crippen LogP contribution in [0, 0.1) is 0 Å². The van der Waals surface area contributed by atoms with E-state index in [-0.39, 0.29) is 42.2 Å². The lowest BCUT2D eigenvalue weighted by molar-refractivity contribution is -0.143. The largest absolute Gasteiger partial charge is 0.466 e. The molecule has 0 unspecified atom stereocenters. The highest BCUT2D eigenvalue weighted by Crippen LogP contribution is 2.03. The van der Waals surface area contributed by atoms with Crippen molar-refractivity contribution in [2.75, 3.05) is 19.8 Å². The number of carbonyl (C=O) groups excluding carboxylic acids is 3. The number of thiocarbonyl (C=S) groups is 1. The topological polar surface area (TPSA) is 106 Å². The van der Waals surface area contributed by atoms with Gasteiger partial charge in [-0.25, -0.2) is 0 Å². The average molecular weight is 424 g/mol. The molecule has 0 saturated carbocycles. The highest BCUT2D eigenvalue weighted by molar-refractivity contribution is 7.80. The van der Waals surface area contributed by atoms with E-state index in [1.165, 1.54) is 5.56 Å². The van der Waals surface area contributed by atoms with E-state index in [1.54, 1.807) is 0 Å². The number of aryl methyl sites for hydroxylation is 1. The lowest BCUT2D eigenvalue weighted by Crippen LogP contribution is -2.48. The molecule has 0 aliphatic heterocycles. The zero-order chi connectivity index (χ0) is 21.3. The van der Waals surface area contributed by atoms with Gasteiger partial charge in [0.2, 0.25) is 11.8 Å². The molecule has 0 fully saturated rings. The van der Waals surface area contributed by atoms with Gasteiger partial charge in [0.15, 0.2) is 5.11 Å². The van der Waals surface area contributed by atoms with Crippen molar-refractivity contribution in [1.29, 1.82) is 0 Å². The van der Waals surface area contributed by atoms with E-state index in [9.17, 15) is 14.4 Å². The Bertz CT molecular complexity index is 655. The van der Waals surface area contributed by atoms with Crippen LogP contribution in [0.4, 0.5) is 0 Å². The SMILES string of the molecule is CCOCCC(=O)NNC(=S)NC(=O)CCCC(=O)OCCCc1ccccc1. The van der Waals surface area contributed by atoms with Crippen LogP contribution < -0.4 is 16.2 Å². The van der Waals surface area contributed by atoms with Gasteiger partial charge < -0.3 is 14.8 Å². The fraction of sp³-hybridized carbons (Fsp3) is 0.500. The third-order valence-electron chi connectivity index (χ3n) is 3.75. The summed E-state index contributed by atoms with van der Waals surface area (Å²) in [6.45, 7) is 3.05. The van der Waals surface area contributed by atoms with Crippen molar-refractivity contribution in [2.45, 2.75) is 45.4 Å². The van der Waals surface area contributed by atoms with Crippen LogP contribution in [0.1, 0.15) is 44.6 Å². The lowest BCUT2D eigenvalue weighted by Gasteiger charge is -2.10. The third-order valence-corrected chi connectivity index (χ3v) is 3.95. The molecule has 2 amide bonds. The van der Waals surface area contributed by atoms with E-state index in [0.717, 1.165) is 12.8 Å². The van der Waals surface area contributed by atoms with Crippen LogP contribution in [0.25, 0.3) is 0 Å². The minimum atomic E-state index is -0.344. The van der Waals surface area contributed by atoms with Gasteiger partial charge in [0.05, 0.1) is 19.6 Å². The molecule has 0 aromatic heterocycles. The van der Waals surface area contributed by atoms with Crippen molar-refractivity contribution >= 4 is 35.1 Å². The number of hydrazine groups is 1. The highest BCUT2D eigenvalue weighted by Gasteiger charge is 2.09. The summed E-state index contributed by atoms with van der Waals surface area (Å²) in [7, 11) is 0. The van der Waals surface area contributed by atoms with Gasteiger partial charge in [-0.2, -0.15) is 0 Å². The Morgan fingerprint density at radius 2 is 1.69 bits per heavy atom. The number of nitrogens with one attached hydrogen (secondary N) is 3. The molecule has 8 nitrogen and oxygen atoms in total. The van der Waals surface area contributed by atoms with E-state index in [2.05, 4.69) is 16.2 Å². The van der Waals surface area contributed by atoms with Gasteiger partial charge in [0, 0.05) is 19.4 Å². The minimum Gasteiger partial charge on any atom is -0.466 e. The summed E-state index contributed by atoms with van der Waals surface area (Å²) in [5, 5.41) is 2.42. The molecule has 29 heavy (non-hydrogen) atoms. The molecule has 9 heteroatoms. The zero-order valence-corrected chi connectivity index (χ0v) is 17.5. The van der Waals surface area contributed by atoms with E-state index >= 15 is 0 Å². The van der Waals surface area contributed by atoms with Gasteiger partial charge in [-0.1, -0.05) is 30.3 Å². The Morgan fingerprint density at radius 3 is 2.41 bits per heavy atom. The molecule has 1 aromatic rings. The van der Waals surface area contributed by atoms with E-state index < -0.39 is 0 Å². The summed E-state index contributed by atoms with van der Waals surface area (Å²) < 4.78 is 10.2. The fourth-order valence-corrected chi connectivity index (χ4v) is 2.46. The zero-order valence-electron chi connectivity index (χ0n) is 16.7. The Morgan fingerprint density at radius 1 is 0.931 bits per heavy atom. The van der Waals surface area contributed by atoms with Gasteiger partial charge in [-0.15, -0.1) is 0 Å². The predicted octanol–water partition coefficient (Wildman–Crippen LogP) is 1.78. The molecular weight excluding hydrogens is 394 g/mol. The second-order valence-electron chi connectivity index (χ2n) is 6.16. The number of hydrogen-bond donors (Lipinski definition) is 3. The van der Waals surface area contributed by atoms with E-state index in [1.807, 2.05) is 37.3 Å². The summed E-state index contributed by atoms with van der Waals surface area (Å²) >= 11 is 4.92. The maximum Gasteiger partial charge on any atom is 0.305 e. The van der Waals surface area contributed by atoms with Crippen LogP contribution in [0.15, 0.2) is 30.3 Å². The second-order valence-corrected chi connectivity index (χ2v) is 6.57. The van der Waals surface area contributed by atoms with Crippen LogP contribution in [0.2, 0.25) is 0 Å². The molecule has 3 N–H and O–H groups in total. The average Bonchev–Trinajstić information content (AvgIpc) is 2.70. The van der Waals surface area contributed by atoms with Gasteiger partial charge in [-0.05, 0) is 44.0 Å². The predicted molar refractivity (Wildman–Crippen MR) is 113 cm³/mol. The molecule has 160 valence electrons. The normalized spacial score (nSPS) is 10.1. The van der Waals surface area contributed by atoms with Crippen LogP contribution in [0.3, 0.4) is 0 Å². The van der Waals surface area contributed by atoms with Crippen LogP contribution >= 0.6 is 12.2 Å². The van der Waals surface area contributed by atoms with Crippen molar-refractivity contribution in [3.63, 3.8) is 0 Å². The first-order valence-electron chi connectivity index (χ1n) is 9.67. The maximum atomic E-state index is 11.8. The Balaban J connectivity index is 2.03. The summed E-state index contributed by atoms with van der Waals surface area (Å²) in [6, 6.07) is 9.98. The van der Waals surface area contributed by atoms with Crippen LogP contribution in [0.5, 0.6) is 0 Å². The molecule has 0 heterocycles. The molecule has 1 aromatic carbocycles. The van der Waals surface area contributed by atoms with Gasteiger partial charge >= 0.3 is 5.97 Å². The Labute approximate surface area is 176 Å². The molecule has 0 atom stereocenters. The van der Waals surface area contributed by atoms with E-state index in [0.29, 0.717) is 26.2 Å². The summed E-state index contributed by atoms with van der Waals surface area (Å²) in [5.41, 5.74) is 6.01. The van der Waals surface area contributed by atoms with Gasteiger partial charge in [-0.3, -0.25) is 25.2 Å². The first kappa shape index (κ1) is 24.5. The van der Waals surface area contributed by atoms with E-state index in [4.69, 9.17) is 21.7 Å². The number of hydrogen-bond acceptors (Lipinski definition) is 6. The lowest BCUT2D eigenvalue weighted by atomic mass is 10.1. The smallest absolute Gasteiger partial charge is 0.305 e. The van der Waals surface area contributed by atoms with Crippen LogP contribution in [-0.2, 0) is 30.3 Å². The second kappa shape index (κ2) is 15.4. The molecule has 0 aliphatic carbocycles. The van der Waals surface area contributed by atoms with Crippen LogP contribution in [-0.4, -0.2) is 42.7 Å². The molecule has 0 saturated heterocycles. The number of esters is 1. The Kier molecular flexibility index (Phi) is 13.0. The molecule has 0 radical (unpaired) electrons. The number of rotatable bonds is 12. The number of benzene rings is 1. The number of carbonyl (C=O) groups is 3. The van der Waals surface area contributed by atoms with Crippen molar-refractivity contribution < 1.29 is 23.9 Å². The summed E-state index contributed by atoms with van der Waals surface area (Å²) in [5.74, 6) is -0.971. The molecule has 0 spiro atoms. The third kappa shape index (κ3) is 13.3. The van der Waals surface area contributed by atoms with Crippen molar-refractivity contribution in [2.24, 2.45) is 0 Å². The molecule has 1 rings (SSSR count).